The van der Waals surface area contributed by atoms with Gasteiger partial charge in [0.25, 0.3) is 0 Å². The first kappa shape index (κ1) is 14.5. The van der Waals surface area contributed by atoms with E-state index < -0.39 is 0 Å². The minimum absolute atomic E-state index is 0.0216. The van der Waals surface area contributed by atoms with Crippen LogP contribution in [-0.4, -0.2) is 43.6 Å². The summed E-state index contributed by atoms with van der Waals surface area (Å²) in [5.74, 6) is 0.789. The highest BCUT2D eigenvalue weighted by Gasteiger charge is 2.27. The number of rotatable bonds is 3. The minimum atomic E-state index is 0.0216. The van der Waals surface area contributed by atoms with E-state index in [1.165, 1.54) is 12.8 Å². The van der Waals surface area contributed by atoms with Gasteiger partial charge in [-0.05, 0) is 37.4 Å². The number of benzene rings is 1. The SMILES string of the molecule is O=C(CC1CCCNC1)N1CCOC(c2ccccc2)C1. The van der Waals surface area contributed by atoms with Crippen LogP contribution in [0.2, 0.25) is 0 Å². The van der Waals surface area contributed by atoms with Gasteiger partial charge in [-0.25, -0.2) is 0 Å². The Kier molecular flexibility index (Phi) is 4.88. The normalized spacial score (nSPS) is 26.6. The van der Waals surface area contributed by atoms with E-state index in [1.807, 2.05) is 23.1 Å². The number of carbonyl (C=O) groups is 1. The number of piperidine rings is 1. The van der Waals surface area contributed by atoms with Crippen LogP contribution in [0.5, 0.6) is 0 Å². The van der Waals surface area contributed by atoms with Crippen molar-refractivity contribution in [1.82, 2.24) is 10.2 Å². The van der Waals surface area contributed by atoms with Crippen molar-refractivity contribution in [3.05, 3.63) is 35.9 Å². The second kappa shape index (κ2) is 7.05. The molecular weight excluding hydrogens is 264 g/mol. The molecule has 4 heteroatoms. The topological polar surface area (TPSA) is 41.6 Å². The van der Waals surface area contributed by atoms with Crippen molar-refractivity contribution in [3.63, 3.8) is 0 Å². The molecule has 2 aliphatic rings. The fourth-order valence-corrected chi connectivity index (χ4v) is 3.22. The highest BCUT2D eigenvalue weighted by atomic mass is 16.5. The maximum Gasteiger partial charge on any atom is 0.223 e. The molecule has 1 aromatic carbocycles. The van der Waals surface area contributed by atoms with Crippen LogP contribution in [0.1, 0.15) is 30.9 Å². The second-order valence-electron chi connectivity index (χ2n) is 6.03. The minimum Gasteiger partial charge on any atom is -0.370 e. The molecule has 2 unspecified atom stereocenters. The van der Waals surface area contributed by atoms with Gasteiger partial charge in [0, 0.05) is 13.0 Å². The van der Waals surface area contributed by atoms with Crippen molar-refractivity contribution in [1.29, 1.82) is 0 Å². The number of nitrogens with one attached hydrogen (secondary N) is 1. The van der Waals surface area contributed by atoms with Gasteiger partial charge in [-0.2, -0.15) is 0 Å². The van der Waals surface area contributed by atoms with Gasteiger partial charge in [-0.3, -0.25) is 4.79 Å². The van der Waals surface area contributed by atoms with Crippen LogP contribution >= 0.6 is 0 Å². The van der Waals surface area contributed by atoms with Gasteiger partial charge in [0.15, 0.2) is 0 Å². The van der Waals surface area contributed by atoms with Crippen molar-refractivity contribution < 1.29 is 9.53 Å². The molecule has 1 aromatic rings. The number of morpholine rings is 1. The third-order valence-electron chi connectivity index (χ3n) is 4.45. The Labute approximate surface area is 126 Å². The standard InChI is InChI=1S/C17H24N2O2/c20-17(11-14-5-4-8-18-12-14)19-9-10-21-16(13-19)15-6-2-1-3-7-15/h1-3,6-7,14,16,18H,4-5,8-13H2. The summed E-state index contributed by atoms with van der Waals surface area (Å²) >= 11 is 0. The second-order valence-corrected chi connectivity index (χ2v) is 6.03. The van der Waals surface area contributed by atoms with Crippen molar-refractivity contribution in [2.75, 3.05) is 32.8 Å². The van der Waals surface area contributed by atoms with E-state index in [9.17, 15) is 4.79 Å². The molecule has 2 saturated heterocycles. The molecule has 0 spiro atoms. The fraction of sp³-hybridized carbons (Fsp3) is 0.588. The summed E-state index contributed by atoms with van der Waals surface area (Å²) in [6.07, 6.45) is 3.06. The molecular formula is C17H24N2O2. The van der Waals surface area contributed by atoms with E-state index in [-0.39, 0.29) is 12.0 Å². The molecule has 21 heavy (non-hydrogen) atoms. The van der Waals surface area contributed by atoms with Crippen LogP contribution in [0.15, 0.2) is 30.3 Å². The molecule has 1 amide bonds. The molecule has 4 nitrogen and oxygen atoms in total. The van der Waals surface area contributed by atoms with Gasteiger partial charge < -0.3 is 15.0 Å². The van der Waals surface area contributed by atoms with Crippen LogP contribution in [0, 0.1) is 5.92 Å². The summed E-state index contributed by atoms with van der Waals surface area (Å²) < 4.78 is 5.83. The number of carbonyl (C=O) groups excluding carboxylic acids is 1. The Balaban J connectivity index is 1.56. The first-order chi connectivity index (χ1) is 10.3. The number of nitrogens with zero attached hydrogens (tertiary/aromatic N) is 1. The monoisotopic (exact) mass is 288 g/mol. The number of ether oxygens (including phenoxy) is 1. The van der Waals surface area contributed by atoms with Gasteiger partial charge in [0.05, 0.1) is 13.2 Å². The molecule has 114 valence electrons. The average molecular weight is 288 g/mol. The Morgan fingerprint density at radius 2 is 2.19 bits per heavy atom. The Hall–Kier alpha value is -1.39. The quantitative estimate of drug-likeness (QED) is 0.924. The van der Waals surface area contributed by atoms with E-state index in [0.717, 1.165) is 25.2 Å². The predicted molar refractivity (Wildman–Crippen MR) is 81.9 cm³/mol. The van der Waals surface area contributed by atoms with Gasteiger partial charge in [-0.1, -0.05) is 30.3 Å². The number of hydrogen-bond acceptors (Lipinski definition) is 3. The molecule has 0 aliphatic carbocycles. The molecule has 0 radical (unpaired) electrons. The molecule has 1 N–H and O–H groups in total. The third kappa shape index (κ3) is 3.83. The Morgan fingerprint density at radius 1 is 1.33 bits per heavy atom. The van der Waals surface area contributed by atoms with Crippen LogP contribution in [0.25, 0.3) is 0 Å². The smallest absolute Gasteiger partial charge is 0.223 e. The first-order valence-corrected chi connectivity index (χ1v) is 7.98. The molecule has 2 fully saturated rings. The highest BCUT2D eigenvalue weighted by molar-refractivity contribution is 5.76. The lowest BCUT2D eigenvalue weighted by Crippen LogP contribution is -2.43. The third-order valence-corrected chi connectivity index (χ3v) is 4.45. The Morgan fingerprint density at radius 3 is 2.95 bits per heavy atom. The van der Waals surface area contributed by atoms with E-state index in [4.69, 9.17) is 4.74 Å². The summed E-state index contributed by atoms with van der Waals surface area (Å²) in [6, 6.07) is 10.2. The fourth-order valence-electron chi connectivity index (χ4n) is 3.22. The molecule has 0 aromatic heterocycles. The maximum atomic E-state index is 12.5. The average Bonchev–Trinajstić information content (AvgIpc) is 2.57. The van der Waals surface area contributed by atoms with Gasteiger partial charge in [0.1, 0.15) is 6.10 Å². The zero-order valence-corrected chi connectivity index (χ0v) is 12.5. The van der Waals surface area contributed by atoms with Crippen LogP contribution < -0.4 is 5.32 Å². The molecule has 2 heterocycles. The zero-order valence-electron chi connectivity index (χ0n) is 12.5. The van der Waals surface area contributed by atoms with E-state index >= 15 is 0 Å². The summed E-state index contributed by atoms with van der Waals surface area (Å²) in [6.45, 7) is 4.12. The summed E-state index contributed by atoms with van der Waals surface area (Å²) in [4.78, 5) is 14.5. The van der Waals surface area contributed by atoms with Gasteiger partial charge in [-0.15, -0.1) is 0 Å². The Bertz CT molecular complexity index is 457. The first-order valence-electron chi connectivity index (χ1n) is 7.98. The molecule has 0 saturated carbocycles. The summed E-state index contributed by atoms with van der Waals surface area (Å²) in [5.41, 5.74) is 1.16. The number of amides is 1. The lowest BCUT2D eigenvalue weighted by Gasteiger charge is -2.34. The van der Waals surface area contributed by atoms with Crippen LogP contribution in [0.3, 0.4) is 0 Å². The van der Waals surface area contributed by atoms with Crippen molar-refractivity contribution in [2.24, 2.45) is 5.92 Å². The van der Waals surface area contributed by atoms with Crippen molar-refractivity contribution in [2.45, 2.75) is 25.4 Å². The number of hydrogen-bond donors (Lipinski definition) is 1. The maximum absolute atomic E-state index is 12.5. The van der Waals surface area contributed by atoms with E-state index in [2.05, 4.69) is 17.4 Å². The summed E-state index contributed by atoms with van der Waals surface area (Å²) in [5, 5.41) is 3.38. The lowest BCUT2D eigenvalue weighted by atomic mass is 9.95. The largest absolute Gasteiger partial charge is 0.370 e. The van der Waals surface area contributed by atoms with E-state index in [1.54, 1.807) is 0 Å². The van der Waals surface area contributed by atoms with Crippen LogP contribution in [0.4, 0.5) is 0 Å². The van der Waals surface area contributed by atoms with Gasteiger partial charge >= 0.3 is 0 Å². The highest BCUT2D eigenvalue weighted by Crippen LogP contribution is 2.23. The van der Waals surface area contributed by atoms with E-state index in [0.29, 0.717) is 25.5 Å². The van der Waals surface area contributed by atoms with Crippen molar-refractivity contribution in [3.8, 4) is 0 Å². The predicted octanol–water partition coefficient (Wildman–Crippen LogP) is 1.98. The molecule has 3 rings (SSSR count). The molecule has 0 bridgehead atoms. The molecule has 2 aliphatic heterocycles. The zero-order chi connectivity index (χ0) is 14.5. The van der Waals surface area contributed by atoms with Gasteiger partial charge in [0.2, 0.25) is 5.91 Å². The summed E-state index contributed by atoms with van der Waals surface area (Å²) in [7, 11) is 0. The van der Waals surface area contributed by atoms with Crippen LogP contribution in [-0.2, 0) is 9.53 Å². The molecule has 2 atom stereocenters. The van der Waals surface area contributed by atoms with Crippen molar-refractivity contribution >= 4 is 5.91 Å². The lowest BCUT2D eigenvalue weighted by molar-refractivity contribution is -0.140.